The number of nitrogens with zero attached hydrogens (tertiary/aromatic N) is 5. The maximum Gasteiger partial charge on any atom is 0.266 e. The topological polar surface area (TPSA) is 69.6 Å². The summed E-state index contributed by atoms with van der Waals surface area (Å²) in [4.78, 5) is 4.27. The van der Waals surface area contributed by atoms with Gasteiger partial charge in [0.2, 0.25) is 5.89 Å². The summed E-state index contributed by atoms with van der Waals surface area (Å²) < 4.78 is 7.97. The lowest BCUT2D eigenvalue weighted by atomic mass is 10.2. The molecule has 0 spiro atoms. The van der Waals surface area contributed by atoms with Gasteiger partial charge in [-0.1, -0.05) is 29.8 Å². The Hall–Kier alpha value is -2.51. The minimum absolute atomic E-state index is 0.328. The zero-order valence-electron chi connectivity index (χ0n) is 12.1. The summed E-state index contributed by atoms with van der Waals surface area (Å²) in [5.74, 6) is 1.25. The van der Waals surface area contributed by atoms with Crippen molar-refractivity contribution in [3.05, 3.63) is 64.4 Å². The van der Waals surface area contributed by atoms with E-state index in [1.54, 1.807) is 29.1 Å². The minimum atomic E-state index is 0.328. The Balaban J connectivity index is 1.81. The van der Waals surface area contributed by atoms with Crippen molar-refractivity contribution >= 4 is 27.5 Å². The molecule has 0 amide bonds. The van der Waals surface area contributed by atoms with Gasteiger partial charge in [-0.2, -0.15) is 5.10 Å². The average Bonchev–Trinajstić information content (AvgIpc) is 3.23. The van der Waals surface area contributed by atoms with E-state index in [2.05, 4.69) is 36.2 Å². The first kappa shape index (κ1) is 15.0. The zero-order valence-corrected chi connectivity index (χ0v) is 14.4. The summed E-state index contributed by atoms with van der Waals surface area (Å²) in [5, 5.41) is 13.1. The van der Waals surface area contributed by atoms with Crippen molar-refractivity contribution in [1.29, 1.82) is 0 Å². The van der Waals surface area contributed by atoms with Crippen molar-refractivity contribution in [2.75, 3.05) is 0 Å². The lowest BCUT2D eigenvalue weighted by Crippen LogP contribution is -2.02. The van der Waals surface area contributed by atoms with Crippen LogP contribution in [0.4, 0.5) is 0 Å². The quantitative estimate of drug-likeness (QED) is 0.508. The fourth-order valence-corrected chi connectivity index (χ4v) is 2.80. The van der Waals surface area contributed by atoms with E-state index in [0.717, 1.165) is 5.56 Å². The summed E-state index contributed by atoms with van der Waals surface area (Å²) >= 11 is 9.58. The number of hydrogen-bond acceptors (Lipinski definition) is 5. The van der Waals surface area contributed by atoms with Gasteiger partial charge in [-0.15, -0.1) is 10.2 Å². The third kappa shape index (κ3) is 2.72. The smallest absolute Gasteiger partial charge is 0.266 e. The molecule has 0 aliphatic carbocycles. The number of pyridine rings is 1. The van der Waals surface area contributed by atoms with Crippen LogP contribution < -0.4 is 0 Å². The van der Waals surface area contributed by atoms with Crippen LogP contribution >= 0.6 is 27.5 Å². The van der Waals surface area contributed by atoms with Crippen molar-refractivity contribution in [2.45, 2.75) is 0 Å². The van der Waals surface area contributed by atoms with Crippen molar-refractivity contribution in [3.63, 3.8) is 0 Å². The van der Waals surface area contributed by atoms with Gasteiger partial charge in [-0.25, -0.2) is 9.67 Å². The van der Waals surface area contributed by atoms with Crippen LogP contribution in [0.5, 0.6) is 0 Å². The first-order valence-corrected chi connectivity index (χ1v) is 8.15. The SMILES string of the molecule is Clc1cccnc1-n1nc(Br)cc1-c1nnc(-c2ccccc2)o1. The molecule has 118 valence electrons. The van der Waals surface area contributed by atoms with Gasteiger partial charge in [0.15, 0.2) is 5.82 Å². The van der Waals surface area contributed by atoms with Crippen LogP contribution in [0.25, 0.3) is 28.9 Å². The highest BCUT2D eigenvalue weighted by molar-refractivity contribution is 9.10. The molecule has 0 aliphatic rings. The predicted molar refractivity (Wildman–Crippen MR) is 92.8 cm³/mol. The molecular weight excluding hydrogens is 394 g/mol. The van der Waals surface area contributed by atoms with Crippen LogP contribution in [0.3, 0.4) is 0 Å². The number of rotatable bonds is 3. The van der Waals surface area contributed by atoms with Gasteiger partial charge in [-0.05, 0) is 40.2 Å². The largest absolute Gasteiger partial charge is 0.415 e. The molecule has 0 bridgehead atoms. The van der Waals surface area contributed by atoms with E-state index in [-0.39, 0.29) is 0 Å². The molecule has 1 aromatic carbocycles. The molecule has 4 aromatic rings. The highest BCUT2D eigenvalue weighted by atomic mass is 79.9. The second kappa shape index (κ2) is 6.18. The van der Waals surface area contributed by atoms with Crippen LogP contribution in [0.1, 0.15) is 0 Å². The lowest BCUT2D eigenvalue weighted by Gasteiger charge is -2.04. The minimum Gasteiger partial charge on any atom is -0.415 e. The van der Waals surface area contributed by atoms with E-state index in [9.17, 15) is 0 Å². The Morgan fingerprint density at radius 1 is 1.00 bits per heavy atom. The van der Waals surface area contributed by atoms with Gasteiger partial charge in [0, 0.05) is 17.8 Å². The standard InChI is InChI=1S/C16H9BrClN5O/c17-13-9-12(23(22-13)14-11(18)7-4-8-19-14)16-21-20-15(24-16)10-5-2-1-3-6-10/h1-9H. The lowest BCUT2D eigenvalue weighted by molar-refractivity contribution is 0.578. The molecule has 0 unspecified atom stereocenters. The van der Waals surface area contributed by atoms with E-state index >= 15 is 0 Å². The van der Waals surface area contributed by atoms with Crippen LogP contribution in [-0.4, -0.2) is 25.0 Å². The van der Waals surface area contributed by atoms with Crippen LogP contribution in [-0.2, 0) is 0 Å². The van der Waals surface area contributed by atoms with Gasteiger partial charge in [-0.3, -0.25) is 0 Å². The number of hydrogen-bond donors (Lipinski definition) is 0. The third-order valence-corrected chi connectivity index (χ3v) is 3.97. The highest BCUT2D eigenvalue weighted by Crippen LogP contribution is 2.29. The van der Waals surface area contributed by atoms with Crippen LogP contribution in [0, 0.1) is 0 Å². The Morgan fingerprint density at radius 3 is 2.58 bits per heavy atom. The molecule has 0 atom stereocenters. The number of benzene rings is 1. The second-order valence-electron chi connectivity index (χ2n) is 4.85. The summed E-state index contributed by atoms with van der Waals surface area (Å²) in [7, 11) is 0. The molecule has 0 radical (unpaired) electrons. The van der Waals surface area contributed by atoms with Crippen LogP contribution in [0.15, 0.2) is 63.7 Å². The van der Waals surface area contributed by atoms with Gasteiger partial charge >= 0.3 is 0 Å². The molecule has 0 aliphatic heterocycles. The normalized spacial score (nSPS) is 10.9. The maximum absolute atomic E-state index is 6.22. The molecule has 0 fully saturated rings. The van der Waals surface area contributed by atoms with E-state index in [1.165, 1.54) is 0 Å². The molecule has 4 rings (SSSR count). The molecule has 8 heteroatoms. The maximum atomic E-state index is 6.22. The van der Waals surface area contributed by atoms with Crippen molar-refractivity contribution < 1.29 is 4.42 Å². The van der Waals surface area contributed by atoms with Gasteiger partial charge in [0.05, 0.1) is 5.02 Å². The molecule has 24 heavy (non-hydrogen) atoms. The highest BCUT2D eigenvalue weighted by Gasteiger charge is 2.19. The second-order valence-corrected chi connectivity index (χ2v) is 6.07. The molecular formula is C16H9BrClN5O. The van der Waals surface area contributed by atoms with Gasteiger partial charge < -0.3 is 4.42 Å². The average molecular weight is 403 g/mol. The van der Waals surface area contributed by atoms with Gasteiger partial charge in [0.1, 0.15) is 10.3 Å². The number of aromatic nitrogens is 5. The van der Waals surface area contributed by atoms with Crippen molar-refractivity contribution in [3.8, 4) is 28.9 Å². The fraction of sp³-hybridized carbons (Fsp3) is 0. The summed E-state index contributed by atoms with van der Waals surface area (Å²) in [5.41, 5.74) is 1.44. The Bertz CT molecular complexity index is 999. The monoisotopic (exact) mass is 401 g/mol. The zero-order chi connectivity index (χ0) is 16.5. The van der Waals surface area contributed by atoms with Crippen molar-refractivity contribution in [1.82, 2.24) is 25.0 Å². The Kier molecular flexibility index (Phi) is 3.87. The van der Waals surface area contributed by atoms with E-state index in [4.69, 9.17) is 16.0 Å². The first-order chi connectivity index (χ1) is 11.7. The van der Waals surface area contributed by atoms with E-state index < -0.39 is 0 Å². The predicted octanol–water partition coefficient (Wildman–Crippen LogP) is 4.40. The molecule has 6 nitrogen and oxygen atoms in total. The summed E-state index contributed by atoms with van der Waals surface area (Å²) in [6.45, 7) is 0. The van der Waals surface area contributed by atoms with E-state index in [1.807, 2.05) is 30.3 Å². The molecule has 0 N–H and O–H groups in total. The molecule has 3 heterocycles. The molecule has 3 aromatic heterocycles. The molecule has 0 saturated carbocycles. The number of halogens is 2. The van der Waals surface area contributed by atoms with Crippen LogP contribution in [0.2, 0.25) is 5.02 Å². The fourth-order valence-electron chi connectivity index (χ4n) is 2.22. The summed E-state index contributed by atoms with van der Waals surface area (Å²) in [6.07, 6.45) is 1.64. The third-order valence-electron chi connectivity index (χ3n) is 3.28. The summed E-state index contributed by atoms with van der Waals surface area (Å²) in [6, 6.07) is 14.8. The molecule has 0 saturated heterocycles. The Labute approximate surface area is 150 Å². The van der Waals surface area contributed by atoms with Crippen molar-refractivity contribution in [2.24, 2.45) is 0 Å². The first-order valence-electron chi connectivity index (χ1n) is 6.98. The van der Waals surface area contributed by atoms with E-state index in [0.29, 0.717) is 32.9 Å². The Morgan fingerprint density at radius 2 is 1.79 bits per heavy atom. The van der Waals surface area contributed by atoms with Gasteiger partial charge in [0.25, 0.3) is 5.89 Å².